The number of pyridine rings is 1. The van der Waals surface area contributed by atoms with Crippen LogP contribution in [0.1, 0.15) is 46.0 Å². The van der Waals surface area contributed by atoms with Crippen molar-refractivity contribution in [3.05, 3.63) is 29.7 Å². The summed E-state index contributed by atoms with van der Waals surface area (Å²) in [6, 6.07) is 3.69. The second-order valence-electron chi connectivity index (χ2n) is 6.24. The van der Waals surface area contributed by atoms with Crippen LogP contribution in [0.5, 0.6) is 0 Å². The number of rotatable bonds is 4. The van der Waals surface area contributed by atoms with Crippen LogP contribution in [-0.2, 0) is 17.6 Å². The number of aryl methyl sites for hydroxylation is 2. The first-order valence-corrected chi connectivity index (χ1v) is 7.87. The van der Waals surface area contributed by atoms with Crippen LogP contribution in [0.2, 0.25) is 0 Å². The number of amides is 1. The molecular weight excluding hydrogens is 292 g/mol. The SMILES string of the molecule is CCc1nc(-c2cccnc2NC(=O)OC(C)(C)C)[nH]c1CC. The van der Waals surface area contributed by atoms with Gasteiger partial charge in [-0.1, -0.05) is 13.8 Å². The van der Waals surface area contributed by atoms with Crippen LogP contribution in [0, 0.1) is 0 Å². The first kappa shape index (κ1) is 17.0. The Kier molecular flexibility index (Phi) is 5.03. The number of H-pyrrole nitrogens is 1. The Balaban J connectivity index is 2.31. The molecule has 0 atom stereocenters. The Morgan fingerprint density at radius 1 is 1.30 bits per heavy atom. The largest absolute Gasteiger partial charge is 0.444 e. The first-order valence-electron chi connectivity index (χ1n) is 7.87. The molecule has 0 saturated carbocycles. The van der Waals surface area contributed by atoms with Crippen LogP contribution in [0.15, 0.2) is 18.3 Å². The van der Waals surface area contributed by atoms with Crippen LogP contribution >= 0.6 is 0 Å². The molecule has 2 rings (SSSR count). The molecule has 0 fully saturated rings. The maximum Gasteiger partial charge on any atom is 0.413 e. The van der Waals surface area contributed by atoms with E-state index < -0.39 is 11.7 Å². The van der Waals surface area contributed by atoms with E-state index >= 15 is 0 Å². The highest BCUT2D eigenvalue weighted by Crippen LogP contribution is 2.25. The van der Waals surface area contributed by atoms with E-state index in [1.165, 1.54) is 0 Å². The summed E-state index contributed by atoms with van der Waals surface area (Å²) in [5.41, 5.74) is 2.32. The Hall–Kier alpha value is -2.37. The number of hydrogen-bond donors (Lipinski definition) is 2. The zero-order valence-electron chi connectivity index (χ0n) is 14.4. The summed E-state index contributed by atoms with van der Waals surface area (Å²) in [5.74, 6) is 1.14. The topological polar surface area (TPSA) is 79.9 Å². The number of ether oxygens (including phenoxy) is 1. The molecule has 2 N–H and O–H groups in total. The fourth-order valence-electron chi connectivity index (χ4n) is 2.25. The summed E-state index contributed by atoms with van der Waals surface area (Å²) < 4.78 is 5.28. The molecule has 2 heterocycles. The Morgan fingerprint density at radius 2 is 2.04 bits per heavy atom. The number of carbonyl (C=O) groups excluding carboxylic acids is 1. The fourth-order valence-corrected chi connectivity index (χ4v) is 2.25. The number of aromatic nitrogens is 3. The maximum atomic E-state index is 12.0. The van der Waals surface area contributed by atoms with Gasteiger partial charge in [0.25, 0.3) is 0 Å². The van der Waals surface area contributed by atoms with Crippen molar-refractivity contribution in [2.24, 2.45) is 0 Å². The molecule has 0 aliphatic carbocycles. The lowest BCUT2D eigenvalue weighted by Gasteiger charge is -2.19. The highest BCUT2D eigenvalue weighted by atomic mass is 16.6. The average Bonchev–Trinajstić information content (AvgIpc) is 2.89. The number of anilines is 1. The minimum absolute atomic E-state index is 0.431. The van der Waals surface area contributed by atoms with E-state index in [-0.39, 0.29) is 0 Å². The molecule has 0 aliphatic heterocycles. The second kappa shape index (κ2) is 6.81. The molecule has 0 radical (unpaired) electrons. The molecule has 1 amide bonds. The molecule has 6 heteroatoms. The lowest BCUT2D eigenvalue weighted by molar-refractivity contribution is 0.0635. The van der Waals surface area contributed by atoms with Gasteiger partial charge in [-0.05, 0) is 45.7 Å². The van der Waals surface area contributed by atoms with Crippen molar-refractivity contribution < 1.29 is 9.53 Å². The number of hydrogen-bond acceptors (Lipinski definition) is 4. The molecule has 6 nitrogen and oxygen atoms in total. The normalized spacial score (nSPS) is 11.3. The van der Waals surface area contributed by atoms with Crippen molar-refractivity contribution in [2.75, 3.05) is 5.32 Å². The summed E-state index contributed by atoms with van der Waals surface area (Å²) in [5, 5.41) is 2.70. The second-order valence-corrected chi connectivity index (χ2v) is 6.24. The third-order valence-electron chi connectivity index (χ3n) is 3.24. The molecule has 23 heavy (non-hydrogen) atoms. The van der Waals surface area contributed by atoms with Gasteiger partial charge in [-0.3, -0.25) is 5.32 Å². The Morgan fingerprint density at radius 3 is 2.61 bits per heavy atom. The molecule has 2 aromatic heterocycles. The Bertz CT molecular complexity index is 665. The molecule has 0 aliphatic rings. The minimum atomic E-state index is -0.561. The van der Waals surface area contributed by atoms with Crippen molar-refractivity contribution in [2.45, 2.75) is 53.1 Å². The fraction of sp³-hybridized carbons (Fsp3) is 0.471. The lowest BCUT2D eigenvalue weighted by Crippen LogP contribution is -2.27. The summed E-state index contributed by atoms with van der Waals surface area (Å²) in [6.45, 7) is 9.61. The van der Waals surface area contributed by atoms with Gasteiger partial charge in [0.1, 0.15) is 17.2 Å². The van der Waals surface area contributed by atoms with Gasteiger partial charge in [0, 0.05) is 11.9 Å². The van der Waals surface area contributed by atoms with E-state index in [9.17, 15) is 4.79 Å². The van der Waals surface area contributed by atoms with Crippen molar-refractivity contribution >= 4 is 11.9 Å². The summed E-state index contributed by atoms with van der Waals surface area (Å²) in [4.78, 5) is 24.2. The minimum Gasteiger partial charge on any atom is -0.444 e. The summed E-state index contributed by atoms with van der Waals surface area (Å²) in [7, 11) is 0. The van der Waals surface area contributed by atoms with Crippen LogP contribution in [0.25, 0.3) is 11.4 Å². The van der Waals surface area contributed by atoms with Crippen LogP contribution in [0.4, 0.5) is 10.6 Å². The number of aromatic amines is 1. The highest BCUT2D eigenvalue weighted by Gasteiger charge is 2.19. The summed E-state index contributed by atoms with van der Waals surface area (Å²) in [6.07, 6.45) is 2.83. The van der Waals surface area contributed by atoms with Crippen LogP contribution in [-0.4, -0.2) is 26.6 Å². The van der Waals surface area contributed by atoms with Gasteiger partial charge in [0.15, 0.2) is 0 Å². The predicted molar refractivity (Wildman–Crippen MR) is 90.4 cm³/mol. The van der Waals surface area contributed by atoms with Crippen LogP contribution in [0.3, 0.4) is 0 Å². The zero-order chi connectivity index (χ0) is 17.0. The average molecular weight is 316 g/mol. The number of nitrogens with zero attached hydrogens (tertiary/aromatic N) is 2. The monoisotopic (exact) mass is 316 g/mol. The zero-order valence-corrected chi connectivity index (χ0v) is 14.4. The number of imidazole rings is 1. The Labute approximate surface area is 136 Å². The van der Waals surface area contributed by atoms with Gasteiger partial charge in [0.05, 0.1) is 11.3 Å². The number of carbonyl (C=O) groups is 1. The van der Waals surface area contributed by atoms with Gasteiger partial charge in [0.2, 0.25) is 0 Å². The van der Waals surface area contributed by atoms with Gasteiger partial charge < -0.3 is 9.72 Å². The van der Waals surface area contributed by atoms with Crippen molar-refractivity contribution in [3.8, 4) is 11.4 Å². The van der Waals surface area contributed by atoms with E-state index in [1.54, 1.807) is 6.20 Å². The van der Waals surface area contributed by atoms with E-state index in [0.29, 0.717) is 11.6 Å². The molecule has 2 aromatic rings. The standard InChI is InChI=1S/C17H24N4O2/c1-6-12-13(7-2)20-15(19-12)11-9-8-10-18-14(11)21-16(22)23-17(3,4)5/h8-10H,6-7H2,1-5H3,(H,19,20)(H,18,21,22). The van der Waals surface area contributed by atoms with E-state index in [4.69, 9.17) is 4.74 Å². The molecule has 0 unspecified atom stereocenters. The van der Waals surface area contributed by atoms with Gasteiger partial charge in [-0.15, -0.1) is 0 Å². The van der Waals surface area contributed by atoms with Gasteiger partial charge in [-0.2, -0.15) is 0 Å². The van der Waals surface area contributed by atoms with Crippen molar-refractivity contribution in [1.29, 1.82) is 0 Å². The van der Waals surface area contributed by atoms with Gasteiger partial charge in [-0.25, -0.2) is 14.8 Å². The first-order chi connectivity index (χ1) is 10.8. The maximum absolute atomic E-state index is 12.0. The van der Waals surface area contributed by atoms with E-state index in [1.807, 2.05) is 32.9 Å². The molecule has 0 spiro atoms. The lowest BCUT2D eigenvalue weighted by atomic mass is 10.2. The molecule has 0 aromatic carbocycles. The predicted octanol–water partition coefficient (Wildman–Crippen LogP) is 3.94. The van der Waals surface area contributed by atoms with Crippen molar-refractivity contribution in [3.63, 3.8) is 0 Å². The van der Waals surface area contributed by atoms with Crippen molar-refractivity contribution in [1.82, 2.24) is 15.0 Å². The summed E-state index contributed by atoms with van der Waals surface area (Å²) >= 11 is 0. The van der Waals surface area contributed by atoms with E-state index in [0.717, 1.165) is 29.8 Å². The smallest absolute Gasteiger partial charge is 0.413 e. The molecule has 124 valence electrons. The third kappa shape index (κ3) is 4.31. The quantitative estimate of drug-likeness (QED) is 0.895. The van der Waals surface area contributed by atoms with Crippen LogP contribution < -0.4 is 5.32 Å². The molecular formula is C17H24N4O2. The number of nitrogens with one attached hydrogen (secondary N) is 2. The third-order valence-corrected chi connectivity index (χ3v) is 3.24. The highest BCUT2D eigenvalue weighted by molar-refractivity contribution is 5.88. The molecule has 0 bridgehead atoms. The van der Waals surface area contributed by atoms with E-state index in [2.05, 4.69) is 34.1 Å². The van der Waals surface area contributed by atoms with Gasteiger partial charge >= 0.3 is 6.09 Å². The molecule has 0 saturated heterocycles.